The van der Waals surface area contributed by atoms with E-state index in [-0.39, 0.29) is 12.1 Å². The van der Waals surface area contributed by atoms with Crippen LogP contribution < -0.4 is 5.32 Å². The summed E-state index contributed by atoms with van der Waals surface area (Å²) in [6, 6.07) is 1.19. The fourth-order valence-electron chi connectivity index (χ4n) is 3.22. The van der Waals surface area contributed by atoms with E-state index in [0.29, 0.717) is 18.5 Å². The largest absolute Gasteiger partial charge is 0.469 e. The van der Waals surface area contributed by atoms with Crippen LogP contribution in [0.2, 0.25) is 0 Å². The maximum atomic E-state index is 11.0. The number of hydrogen-bond donors (Lipinski definition) is 2. The van der Waals surface area contributed by atoms with Crippen LogP contribution in [0.25, 0.3) is 0 Å². The summed E-state index contributed by atoms with van der Waals surface area (Å²) in [5.74, 6) is -0.0942. The number of ether oxygens (including phenoxy) is 1. The van der Waals surface area contributed by atoms with Crippen molar-refractivity contribution in [3.8, 4) is 0 Å². The molecule has 2 N–H and O–H groups in total. The van der Waals surface area contributed by atoms with E-state index >= 15 is 0 Å². The summed E-state index contributed by atoms with van der Waals surface area (Å²) in [6.45, 7) is 2.22. The number of carbonyl (C=O) groups is 1. The Hall–Kier alpha value is -0.610. The molecule has 1 rings (SSSR count). The summed E-state index contributed by atoms with van der Waals surface area (Å²) in [5.41, 5.74) is 0. The molecule has 4 nitrogen and oxygen atoms in total. The number of rotatable bonds is 15. The number of aliphatic hydroxyl groups excluding tert-OH is 1. The minimum Gasteiger partial charge on any atom is -0.469 e. The van der Waals surface area contributed by atoms with Crippen LogP contribution in [0.3, 0.4) is 0 Å². The minimum absolute atomic E-state index is 0.0942. The predicted molar refractivity (Wildman–Crippen MR) is 94.4 cm³/mol. The van der Waals surface area contributed by atoms with Gasteiger partial charge >= 0.3 is 5.97 Å². The third-order valence-corrected chi connectivity index (χ3v) is 4.85. The van der Waals surface area contributed by atoms with Crippen molar-refractivity contribution in [3.63, 3.8) is 0 Å². The minimum atomic E-state index is -0.118. The molecular weight excluding hydrogens is 290 g/mol. The lowest BCUT2D eigenvalue weighted by molar-refractivity contribution is -0.140. The number of unbranched alkanes of at least 4 members (excludes halogenated alkanes) is 7. The Morgan fingerprint density at radius 2 is 1.74 bits per heavy atom. The highest BCUT2D eigenvalue weighted by Gasteiger charge is 2.36. The highest BCUT2D eigenvalue weighted by atomic mass is 16.5. The van der Waals surface area contributed by atoms with Crippen LogP contribution in [0, 0.1) is 0 Å². The van der Waals surface area contributed by atoms with Gasteiger partial charge in [0.15, 0.2) is 0 Å². The summed E-state index contributed by atoms with van der Waals surface area (Å²) in [4.78, 5) is 11.0. The average Bonchev–Trinajstić information content (AvgIpc) is 3.28. The van der Waals surface area contributed by atoms with Crippen LogP contribution in [0.1, 0.15) is 90.4 Å². The number of methoxy groups -OCH3 is 1. The van der Waals surface area contributed by atoms with Gasteiger partial charge in [-0.3, -0.25) is 4.79 Å². The number of hydrogen-bond acceptors (Lipinski definition) is 4. The Morgan fingerprint density at radius 3 is 2.48 bits per heavy atom. The summed E-state index contributed by atoms with van der Waals surface area (Å²) < 4.78 is 4.63. The van der Waals surface area contributed by atoms with Gasteiger partial charge in [0.25, 0.3) is 0 Å². The van der Waals surface area contributed by atoms with E-state index in [1.54, 1.807) is 0 Å². The van der Waals surface area contributed by atoms with Crippen molar-refractivity contribution in [3.05, 3.63) is 0 Å². The maximum absolute atomic E-state index is 11.0. The second kappa shape index (κ2) is 12.8. The van der Waals surface area contributed by atoms with Crippen molar-refractivity contribution in [1.29, 1.82) is 0 Å². The number of carbonyl (C=O) groups excluding carboxylic acids is 1. The van der Waals surface area contributed by atoms with Crippen molar-refractivity contribution >= 4 is 5.97 Å². The van der Waals surface area contributed by atoms with Gasteiger partial charge in [0.1, 0.15) is 0 Å². The molecule has 0 aromatic heterocycles. The molecule has 0 aromatic carbocycles. The van der Waals surface area contributed by atoms with Gasteiger partial charge in [-0.05, 0) is 25.7 Å². The molecule has 0 radical (unpaired) electrons. The van der Waals surface area contributed by atoms with Gasteiger partial charge in [-0.25, -0.2) is 0 Å². The smallest absolute Gasteiger partial charge is 0.305 e. The molecule has 0 saturated carbocycles. The van der Waals surface area contributed by atoms with Crippen LogP contribution in [-0.2, 0) is 9.53 Å². The zero-order valence-corrected chi connectivity index (χ0v) is 15.2. The Labute approximate surface area is 142 Å². The number of esters is 1. The SMILES string of the molecule is CCCCCCC(O)CC1NC1CCCCCCCC(=O)OC. The Balaban J connectivity index is 1.86. The Bertz CT molecular complexity index is 309. The van der Waals surface area contributed by atoms with Crippen LogP contribution in [0.5, 0.6) is 0 Å². The molecule has 1 aliphatic rings. The van der Waals surface area contributed by atoms with Gasteiger partial charge in [-0.2, -0.15) is 0 Å². The van der Waals surface area contributed by atoms with Crippen LogP contribution in [0.4, 0.5) is 0 Å². The topological polar surface area (TPSA) is 68.5 Å². The molecular formula is C19H37NO3. The number of aliphatic hydroxyl groups is 1. The number of nitrogens with one attached hydrogen (secondary N) is 1. The molecule has 1 aliphatic heterocycles. The third-order valence-electron chi connectivity index (χ3n) is 4.85. The van der Waals surface area contributed by atoms with E-state index < -0.39 is 0 Å². The first kappa shape index (κ1) is 20.4. The second-order valence-corrected chi connectivity index (χ2v) is 7.00. The Kier molecular flexibility index (Phi) is 11.3. The average molecular weight is 328 g/mol. The van der Waals surface area contributed by atoms with Crippen LogP contribution in [0.15, 0.2) is 0 Å². The fourth-order valence-corrected chi connectivity index (χ4v) is 3.22. The van der Waals surface area contributed by atoms with Crippen molar-refractivity contribution in [2.24, 2.45) is 0 Å². The monoisotopic (exact) mass is 327 g/mol. The second-order valence-electron chi connectivity index (χ2n) is 7.00. The molecule has 0 aromatic rings. The standard InChI is InChI=1S/C19H37NO3/c1-3-4-5-9-12-16(21)15-18-17(20-18)13-10-7-6-8-11-14-19(22)23-2/h16-18,20-21H,3-15H2,1-2H3. The molecule has 1 fully saturated rings. The lowest BCUT2D eigenvalue weighted by Gasteiger charge is -2.09. The quantitative estimate of drug-likeness (QED) is 0.271. The van der Waals surface area contributed by atoms with Gasteiger partial charge in [-0.1, -0.05) is 58.3 Å². The van der Waals surface area contributed by atoms with E-state index in [1.807, 2.05) is 0 Å². The van der Waals surface area contributed by atoms with Crippen LogP contribution >= 0.6 is 0 Å². The zero-order chi connectivity index (χ0) is 16.9. The first-order chi connectivity index (χ1) is 11.2. The van der Waals surface area contributed by atoms with Gasteiger partial charge in [0, 0.05) is 18.5 Å². The maximum Gasteiger partial charge on any atom is 0.305 e. The van der Waals surface area contributed by atoms with E-state index in [4.69, 9.17) is 0 Å². The molecule has 1 saturated heterocycles. The molecule has 23 heavy (non-hydrogen) atoms. The van der Waals surface area contributed by atoms with E-state index in [0.717, 1.165) is 32.1 Å². The van der Waals surface area contributed by atoms with Crippen molar-refractivity contribution in [2.75, 3.05) is 7.11 Å². The van der Waals surface area contributed by atoms with Gasteiger partial charge in [0.05, 0.1) is 13.2 Å². The van der Waals surface area contributed by atoms with Crippen molar-refractivity contribution in [2.45, 2.75) is 109 Å². The molecule has 3 unspecified atom stereocenters. The summed E-state index contributed by atoms with van der Waals surface area (Å²) >= 11 is 0. The molecule has 1 heterocycles. The summed E-state index contributed by atoms with van der Waals surface area (Å²) in [5, 5.41) is 13.5. The highest BCUT2D eigenvalue weighted by Crippen LogP contribution is 2.24. The Morgan fingerprint density at radius 1 is 1.04 bits per heavy atom. The molecule has 0 amide bonds. The molecule has 0 bridgehead atoms. The molecule has 0 aliphatic carbocycles. The van der Waals surface area contributed by atoms with Gasteiger partial charge < -0.3 is 15.2 Å². The van der Waals surface area contributed by atoms with Crippen molar-refractivity contribution < 1.29 is 14.6 Å². The van der Waals surface area contributed by atoms with Crippen molar-refractivity contribution in [1.82, 2.24) is 5.32 Å². The summed E-state index contributed by atoms with van der Waals surface area (Å²) in [6.07, 6.45) is 14.3. The predicted octanol–water partition coefficient (Wildman–Crippen LogP) is 3.95. The molecule has 4 heteroatoms. The lowest BCUT2D eigenvalue weighted by Crippen LogP contribution is -2.11. The first-order valence-electron chi connectivity index (χ1n) is 9.68. The lowest BCUT2D eigenvalue weighted by atomic mass is 10.0. The normalized spacial score (nSPS) is 21.2. The zero-order valence-electron chi connectivity index (χ0n) is 15.2. The molecule has 3 atom stereocenters. The van der Waals surface area contributed by atoms with E-state index in [2.05, 4.69) is 17.0 Å². The van der Waals surface area contributed by atoms with E-state index in [9.17, 15) is 9.90 Å². The highest BCUT2D eigenvalue weighted by molar-refractivity contribution is 5.68. The van der Waals surface area contributed by atoms with E-state index in [1.165, 1.54) is 52.1 Å². The van der Waals surface area contributed by atoms with Crippen LogP contribution in [-0.4, -0.2) is 36.4 Å². The van der Waals surface area contributed by atoms with Gasteiger partial charge in [-0.15, -0.1) is 0 Å². The summed E-state index contributed by atoms with van der Waals surface area (Å²) in [7, 11) is 1.45. The third kappa shape index (κ3) is 10.7. The molecule has 136 valence electrons. The molecule has 0 spiro atoms. The van der Waals surface area contributed by atoms with Gasteiger partial charge in [0.2, 0.25) is 0 Å². The first-order valence-corrected chi connectivity index (χ1v) is 9.68. The fraction of sp³-hybridized carbons (Fsp3) is 0.947.